The van der Waals surface area contributed by atoms with Gasteiger partial charge >= 0.3 is 0 Å². The number of hydrogen-bond acceptors (Lipinski definition) is 0. The first-order valence-electron chi connectivity index (χ1n) is 21.1. The van der Waals surface area contributed by atoms with Crippen LogP contribution >= 0.6 is 9.24 Å². The van der Waals surface area contributed by atoms with Gasteiger partial charge in [-0.1, -0.05) is 197 Å². The lowest BCUT2D eigenvalue weighted by molar-refractivity contribution is 0.429. The van der Waals surface area contributed by atoms with Crippen molar-refractivity contribution in [3.8, 4) is 0 Å². The fourth-order valence-electron chi connectivity index (χ4n) is 7.27. The van der Waals surface area contributed by atoms with Gasteiger partial charge in [0.1, 0.15) is 0 Å². The van der Waals surface area contributed by atoms with Gasteiger partial charge in [-0.3, -0.25) is 0 Å². The molecule has 1 saturated carbocycles. The molecular weight excluding hydrogens is 656 g/mol. The summed E-state index contributed by atoms with van der Waals surface area (Å²) >= 11 is 0. The Morgan fingerprint density at radius 1 is 0.547 bits per heavy atom. The summed E-state index contributed by atoms with van der Waals surface area (Å²) in [7, 11) is 3.02. The number of aryl methyl sites for hydroxylation is 4. The molecule has 1 aliphatic carbocycles. The van der Waals surface area contributed by atoms with Gasteiger partial charge in [0.05, 0.1) is 0 Å². The Balaban J connectivity index is 0.000000239. The maximum atomic E-state index is 3.02. The third-order valence-electron chi connectivity index (χ3n) is 11.6. The van der Waals surface area contributed by atoms with E-state index in [-0.39, 0.29) is 10.8 Å². The summed E-state index contributed by atoms with van der Waals surface area (Å²) < 4.78 is 0. The predicted molar refractivity (Wildman–Crippen MR) is 241 cm³/mol. The minimum atomic E-state index is 0.0486. The van der Waals surface area contributed by atoms with E-state index in [1.807, 2.05) is 0 Å². The van der Waals surface area contributed by atoms with Crippen LogP contribution in [0.5, 0.6) is 0 Å². The first-order chi connectivity index (χ1) is 25.0. The van der Waals surface area contributed by atoms with Gasteiger partial charge in [-0.05, 0) is 115 Å². The van der Waals surface area contributed by atoms with Crippen molar-refractivity contribution in [3.05, 3.63) is 142 Å². The first kappa shape index (κ1) is 44.7. The van der Waals surface area contributed by atoms with Crippen molar-refractivity contribution in [2.24, 2.45) is 23.7 Å². The second-order valence-electron chi connectivity index (χ2n) is 18.4. The number of rotatable bonds is 15. The Kier molecular flexibility index (Phi) is 18.1. The maximum Gasteiger partial charge on any atom is 0.0146 e. The van der Waals surface area contributed by atoms with E-state index in [2.05, 4.69) is 189 Å². The molecule has 0 bridgehead atoms. The quantitative estimate of drug-likeness (QED) is 0.107. The molecule has 0 aliphatic heterocycles. The fourth-order valence-corrected chi connectivity index (χ4v) is 7.99. The van der Waals surface area contributed by atoms with Crippen LogP contribution in [0.15, 0.2) is 97.1 Å². The molecule has 1 aliphatic rings. The summed E-state index contributed by atoms with van der Waals surface area (Å²) in [5.41, 5.74) is 12.0. The highest BCUT2D eigenvalue weighted by Gasteiger charge is 2.24. The van der Waals surface area contributed by atoms with Crippen LogP contribution in [0.2, 0.25) is 0 Å². The summed E-state index contributed by atoms with van der Waals surface area (Å²) in [4.78, 5) is 0. The molecule has 0 heterocycles. The molecule has 3 atom stereocenters. The SMILES string of the molecule is CCC(C)CC(C)C.Cc1ccc(C(C)(C)c2ccc(CCC(P)CC(C)C)cc2)cc1.Cc1ccc(C(C)(C)c2ccc(CCC3CC3)cc2)cc1. The number of benzene rings is 4. The molecule has 0 nitrogen and oxygen atoms in total. The van der Waals surface area contributed by atoms with Gasteiger partial charge in [0.15, 0.2) is 0 Å². The van der Waals surface area contributed by atoms with Gasteiger partial charge in [0, 0.05) is 10.8 Å². The Morgan fingerprint density at radius 3 is 1.23 bits per heavy atom. The molecule has 0 amide bonds. The van der Waals surface area contributed by atoms with Crippen LogP contribution in [0.3, 0.4) is 0 Å². The molecule has 1 fully saturated rings. The fraction of sp³-hybridized carbons (Fsp3) is 0.538. The second-order valence-corrected chi connectivity index (χ2v) is 19.4. The molecule has 1 heteroatoms. The minimum Gasteiger partial charge on any atom is -0.134 e. The van der Waals surface area contributed by atoms with E-state index in [4.69, 9.17) is 0 Å². The summed E-state index contributed by atoms with van der Waals surface area (Å²) in [5, 5.41) is 0. The molecular formula is C52H77P. The molecule has 53 heavy (non-hydrogen) atoms. The van der Waals surface area contributed by atoms with Gasteiger partial charge < -0.3 is 0 Å². The largest absolute Gasteiger partial charge is 0.134 e. The van der Waals surface area contributed by atoms with Gasteiger partial charge in [-0.15, -0.1) is 9.24 Å². The van der Waals surface area contributed by atoms with E-state index in [0.717, 1.165) is 29.3 Å². The minimum absolute atomic E-state index is 0.0486. The monoisotopic (exact) mass is 733 g/mol. The van der Waals surface area contributed by atoms with E-state index in [0.29, 0.717) is 0 Å². The van der Waals surface area contributed by atoms with Crippen molar-refractivity contribution in [3.63, 3.8) is 0 Å². The lowest BCUT2D eigenvalue weighted by atomic mass is 9.77. The maximum absolute atomic E-state index is 3.02. The van der Waals surface area contributed by atoms with Crippen LogP contribution in [0, 0.1) is 37.5 Å². The topological polar surface area (TPSA) is 0 Å². The molecule has 0 radical (unpaired) electrons. The van der Waals surface area contributed by atoms with E-state index in [1.165, 1.54) is 102 Å². The molecule has 290 valence electrons. The van der Waals surface area contributed by atoms with E-state index in [1.54, 1.807) is 0 Å². The van der Waals surface area contributed by atoms with Crippen molar-refractivity contribution in [2.45, 2.75) is 157 Å². The molecule has 4 aromatic rings. The Morgan fingerprint density at radius 2 is 0.906 bits per heavy atom. The van der Waals surface area contributed by atoms with Crippen molar-refractivity contribution in [1.82, 2.24) is 0 Å². The van der Waals surface area contributed by atoms with Gasteiger partial charge in [-0.2, -0.15) is 0 Å². The highest BCUT2D eigenvalue weighted by Crippen LogP contribution is 2.35. The third kappa shape index (κ3) is 15.5. The third-order valence-corrected chi connectivity index (χ3v) is 12.2. The summed E-state index contributed by atoms with van der Waals surface area (Å²) in [6.07, 6.45) is 12.0. The van der Waals surface area contributed by atoms with Crippen LogP contribution in [-0.2, 0) is 23.7 Å². The molecule has 0 aromatic heterocycles. The molecule has 0 N–H and O–H groups in total. The lowest BCUT2D eigenvalue weighted by Crippen LogP contribution is -2.18. The zero-order valence-electron chi connectivity index (χ0n) is 36.1. The molecule has 4 aromatic carbocycles. The average Bonchev–Trinajstić information content (AvgIpc) is 3.95. The van der Waals surface area contributed by atoms with Crippen molar-refractivity contribution >= 4 is 9.24 Å². The van der Waals surface area contributed by atoms with E-state index < -0.39 is 0 Å². The lowest BCUT2D eigenvalue weighted by Gasteiger charge is -2.26. The first-order valence-corrected chi connectivity index (χ1v) is 21.8. The Bertz CT molecular complexity index is 1570. The van der Waals surface area contributed by atoms with Crippen LogP contribution in [0.1, 0.15) is 159 Å². The van der Waals surface area contributed by atoms with Gasteiger partial charge in [-0.25, -0.2) is 0 Å². The highest BCUT2D eigenvalue weighted by molar-refractivity contribution is 7.17. The van der Waals surface area contributed by atoms with Crippen molar-refractivity contribution in [1.29, 1.82) is 0 Å². The Labute approximate surface area is 330 Å². The van der Waals surface area contributed by atoms with Crippen LogP contribution in [0.4, 0.5) is 0 Å². The standard InChI is InChI=1S/C23H33P.C21H26.C8H18/c1-17(2)16-22(24)15-10-19-8-13-21(14-9-19)23(4,5)20-11-6-18(3)7-12-20;1-16-4-12-19(13-5-16)21(2,3)20-14-10-18(11-15-20)9-8-17-6-7-17;1-5-8(4)6-7(2)3/h6-9,11-14,17,22H,10,15-16,24H2,1-5H3;4-5,10-15,17H,6-9H2,1-3H3;7-8H,5-6H2,1-4H3. The van der Waals surface area contributed by atoms with Gasteiger partial charge in [0.2, 0.25) is 0 Å². The van der Waals surface area contributed by atoms with Crippen LogP contribution < -0.4 is 0 Å². The van der Waals surface area contributed by atoms with Gasteiger partial charge in [0.25, 0.3) is 0 Å². The van der Waals surface area contributed by atoms with E-state index in [9.17, 15) is 0 Å². The molecule has 0 saturated heterocycles. The normalized spacial score (nSPS) is 14.2. The van der Waals surface area contributed by atoms with E-state index >= 15 is 0 Å². The average molecular weight is 733 g/mol. The smallest absolute Gasteiger partial charge is 0.0146 e. The number of hydrogen-bond donors (Lipinski definition) is 0. The van der Waals surface area contributed by atoms with Crippen LogP contribution in [-0.4, -0.2) is 5.66 Å². The Hall–Kier alpha value is -2.69. The zero-order valence-corrected chi connectivity index (χ0v) is 37.2. The van der Waals surface area contributed by atoms with Crippen molar-refractivity contribution in [2.75, 3.05) is 0 Å². The molecule has 0 spiro atoms. The summed E-state index contributed by atoms with van der Waals surface area (Å²) in [6.45, 7) is 27.3. The second kappa shape index (κ2) is 21.4. The highest BCUT2D eigenvalue weighted by atomic mass is 31.0. The molecule has 5 rings (SSSR count). The summed E-state index contributed by atoms with van der Waals surface area (Å²) in [6, 6.07) is 36.4. The van der Waals surface area contributed by atoms with Crippen molar-refractivity contribution < 1.29 is 0 Å². The molecule has 3 unspecified atom stereocenters. The predicted octanol–water partition coefficient (Wildman–Crippen LogP) is 15.3. The summed E-state index contributed by atoms with van der Waals surface area (Å²) in [5.74, 6) is 3.61. The van der Waals surface area contributed by atoms with Crippen LogP contribution in [0.25, 0.3) is 0 Å². The zero-order chi connectivity index (χ0) is 39.2.